The summed E-state index contributed by atoms with van der Waals surface area (Å²) in [6, 6.07) is 5.19. The number of aryl methyl sites for hydroxylation is 1. The van der Waals surface area contributed by atoms with Gasteiger partial charge in [0.1, 0.15) is 16.6 Å². The van der Waals surface area contributed by atoms with Crippen molar-refractivity contribution in [1.82, 2.24) is 25.2 Å². The van der Waals surface area contributed by atoms with E-state index in [1.165, 1.54) is 6.07 Å². The predicted octanol–water partition coefficient (Wildman–Crippen LogP) is 3.76. The van der Waals surface area contributed by atoms with E-state index < -0.39 is 0 Å². The highest BCUT2D eigenvalue weighted by Crippen LogP contribution is 2.18. The van der Waals surface area contributed by atoms with Crippen LogP contribution in [-0.4, -0.2) is 27.5 Å². The van der Waals surface area contributed by atoms with Crippen LogP contribution in [0.5, 0.6) is 0 Å². The molecule has 1 aromatic carbocycles. The Morgan fingerprint density at radius 3 is 2.68 bits per heavy atom. The van der Waals surface area contributed by atoms with Crippen molar-refractivity contribution in [2.45, 2.75) is 39.8 Å². The van der Waals surface area contributed by atoms with Crippen LogP contribution in [0.25, 0.3) is 5.69 Å². The lowest BCUT2D eigenvalue weighted by atomic mass is 10.2. The van der Waals surface area contributed by atoms with Gasteiger partial charge in [0.15, 0.2) is 5.96 Å². The van der Waals surface area contributed by atoms with Gasteiger partial charge in [-0.2, -0.15) is 0 Å². The van der Waals surface area contributed by atoms with Crippen molar-refractivity contribution in [3.8, 4) is 5.69 Å². The van der Waals surface area contributed by atoms with E-state index in [-0.39, 0.29) is 5.82 Å². The van der Waals surface area contributed by atoms with Crippen LogP contribution < -0.4 is 10.6 Å². The van der Waals surface area contributed by atoms with Crippen molar-refractivity contribution in [2.75, 3.05) is 7.05 Å². The minimum atomic E-state index is -0.285. The number of rotatable bonds is 6. The monoisotopic (exact) mass is 400 g/mol. The molecule has 2 aromatic heterocycles. The third-order valence-electron chi connectivity index (χ3n) is 4.35. The average molecular weight is 401 g/mol. The maximum absolute atomic E-state index is 14.5. The Hall–Kier alpha value is -2.74. The Labute approximate surface area is 168 Å². The zero-order chi connectivity index (χ0) is 20.1. The number of imidazole rings is 1. The predicted molar refractivity (Wildman–Crippen MR) is 112 cm³/mol. The molecule has 6 nitrogen and oxygen atoms in total. The first kappa shape index (κ1) is 20.0. The maximum atomic E-state index is 14.5. The molecule has 0 aliphatic heterocycles. The number of aliphatic imine (C=N–C) groups is 1. The van der Waals surface area contributed by atoms with E-state index in [1.807, 2.05) is 13.0 Å². The molecule has 148 valence electrons. The number of hydrogen-bond donors (Lipinski definition) is 2. The Balaban J connectivity index is 1.57. The van der Waals surface area contributed by atoms with E-state index in [9.17, 15) is 4.39 Å². The van der Waals surface area contributed by atoms with Crippen LogP contribution >= 0.6 is 11.3 Å². The van der Waals surface area contributed by atoms with E-state index in [0.717, 1.165) is 22.1 Å². The van der Waals surface area contributed by atoms with Crippen LogP contribution in [0.15, 0.2) is 41.0 Å². The summed E-state index contributed by atoms with van der Waals surface area (Å²) in [5.41, 5.74) is 2.43. The summed E-state index contributed by atoms with van der Waals surface area (Å²) >= 11 is 1.63. The first-order chi connectivity index (χ1) is 13.5. The van der Waals surface area contributed by atoms with Gasteiger partial charge in [-0.05, 0) is 30.5 Å². The second kappa shape index (κ2) is 8.97. The molecule has 0 spiro atoms. The zero-order valence-electron chi connectivity index (χ0n) is 16.5. The standard InChI is InChI=1S/C20H25FN6S/c1-13(2)17-12-28-19(26-17)11-25-20(22-4)24-10-15-5-6-18(16(21)9-15)27-8-7-23-14(27)3/h5-9,12-13H,10-11H2,1-4H3,(H2,22,24,25). The van der Waals surface area contributed by atoms with E-state index in [4.69, 9.17) is 0 Å². The molecule has 0 fully saturated rings. The normalized spacial score (nSPS) is 11.9. The lowest BCUT2D eigenvalue weighted by molar-refractivity contribution is 0.613. The second-order valence-corrected chi connectivity index (χ2v) is 7.67. The first-order valence-corrected chi connectivity index (χ1v) is 10.0. The summed E-state index contributed by atoms with van der Waals surface area (Å²) in [5, 5.41) is 9.55. The molecule has 0 unspecified atom stereocenters. The number of nitrogens with one attached hydrogen (secondary N) is 2. The molecule has 28 heavy (non-hydrogen) atoms. The van der Waals surface area contributed by atoms with Crippen LogP contribution in [0.2, 0.25) is 0 Å². The van der Waals surface area contributed by atoms with Crippen molar-refractivity contribution in [3.05, 3.63) is 63.9 Å². The molecule has 0 aliphatic carbocycles. The second-order valence-electron chi connectivity index (χ2n) is 6.73. The molecule has 0 saturated carbocycles. The molecule has 0 amide bonds. The molecule has 0 radical (unpaired) electrons. The van der Waals surface area contributed by atoms with Crippen LogP contribution in [0, 0.1) is 12.7 Å². The highest BCUT2D eigenvalue weighted by atomic mass is 32.1. The van der Waals surface area contributed by atoms with Crippen LogP contribution in [0.4, 0.5) is 4.39 Å². The van der Waals surface area contributed by atoms with Gasteiger partial charge in [-0.15, -0.1) is 11.3 Å². The van der Waals surface area contributed by atoms with Gasteiger partial charge in [0, 0.05) is 31.4 Å². The fourth-order valence-corrected chi connectivity index (χ4v) is 3.62. The molecule has 0 saturated heterocycles. The Bertz CT molecular complexity index is 959. The van der Waals surface area contributed by atoms with Crippen LogP contribution in [0.3, 0.4) is 0 Å². The summed E-state index contributed by atoms with van der Waals surface area (Å²) in [4.78, 5) is 13.0. The van der Waals surface area contributed by atoms with Crippen molar-refractivity contribution in [2.24, 2.45) is 4.99 Å². The molecule has 0 bridgehead atoms. The molecule has 3 aromatic rings. The molecule has 2 N–H and O–H groups in total. The van der Waals surface area contributed by atoms with Gasteiger partial charge in [0.2, 0.25) is 0 Å². The van der Waals surface area contributed by atoms with Gasteiger partial charge >= 0.3 is 0 Å². The SMILES string of the molecule is CN=C(NCc1ccc(-n2ccnc2C)c(F)c1)NCc1nc(C(C)C)cs1. The highest BCUT2D eigenvalue weighted by Gasteiger charge is 2.09. The number of halogens is 1. The number of thiazole rings is 1. The molecular formula is C20H25FN6S. The Kier molecular flexibility index (Phi) is 6.41. The number of hydrogen-bond acceptors (Lipinski definition) is 4. The molecule has 0 atom stereocenters. The van der Waals surface area contributed by atoms with Crippen molar-refractivity contribution in [3.63, 3.8) is 0 Å². The highest BCUT2D eigenvalue weighted by molar-refractivity contribution is 7.09. The van der Waals surface area contributed by atoms with Crippen LogP contribution in [0.1, 0.15) is 41.9 Å². The molecule has 0 aliphatic rings. The fraction of sp³-hybridized carbons (Fsp3) is 0.350. The van der Waals surface area contributed by atoms with E-state index in [1.54, 1.807) is 41.4 Å². The van der Waals surface area contributed by atoms with Crippen molar-refractivity contribution in [1.29, 1.82) is 0 Å². The summed E-state index contributed by atoms with van der Waals surface area (Å²) in [6.45, 7) is 7.17. The minimum absolute atomic E-state index is 0.285. The lowest BCUT2D eigenvalue weighted by Crippen LogP contribution is -2.36. The van der Waals surface area contributed by atoms with Crippen LogP contribution in [-0.2, 0) is 13.1 Å². The third-order valence-corrected chi connectivity index (χ3v) is 5.22. The molecular weight excluding hydrogens is 375 g/mol. The van der Waals surface area contributed by atoms with Gasteiger partial charge in [0.05, 0.1) is 17.9 Å². The topological polar surface area (TPSA) is 67.1 Å². The zero-order valence-corrected chi connectivity index (χ0v) is 17.3. The van der Waals surface area contributed by atoms with Crippen molar-refractivity contribution >= 4 is 17.3 Å². The number of guanidine groups is 1. The minimum Gasteiger partial charge on any atom is -0.352 e. The number of aromatic nitrogens is 3. The van der Waals surface area contributed by atoms with E-state index in [2.05, 4.69) is 44.8 Å². The summed E-state index contributed by atoms with van der Waals surface area (Å²) in [6.07, 6.45) is 3.41. The van der Waals surface area contributed by atoms with Gasteiger partial charge in [0.25, 0.3) is 0 Å². The van der Waals surface area contributed by atoms with Gasteiger partial charge in [-0.3, -0.25) is 4.99 Å². The van der Waals surface area contributed by atoms with Gasteiger partial charge in [-0.1, -0.05) is 19.9 Å². The molecule has 3 rings (SSSR count). The van der Waals surface area contributed by atoms with Gasteiger partial charge < -0.3 is 15.2 Å². The third kappa shape index (κ3) is 4.75. The number of benzene rings is 1. The largest absolute Gasteiger partial charge is 0.352 e. The van der Waals surface area contributed by atoms with E-state index >= 15 is 0 Å². The summed E-state index contributed by atoms with van der Waals surface area (Å²) in [7, 11) is 1.71. The maximum Gasteiger partial charge on any atom is 0.191 e. The first-order valence-electron chi connectivity index (χ1n) is 9.15. The molecule has 2 heterocycles. The number of nitrogens with zero attached hydrogens (tertiary/aromatic N) is 4. The Morgan fingerprint density at radius 1 is 1.29 bits per heavy atom. The van der Waals surface area contributed by atoms with Gasteiger partial charge in [-0.25, -0.2) is 14.4 Å². The molecule has 8 heteroatoms. The average Bonchev–Trinajstić information content (AvgIpc) is 3.31. The smallest absolute Gasteiger partial charge is 0.191 e. The summed E-state index contributed by atoms with van der Waals surface area (Å²) < 4.78 is 16.2. The quantitative estimate of drug-likeness (QED) is 0.488. The Morgan fingerprint density at radius 2 is 2.07 bits per heavy atom. The fourth-order valence-electron chi connectivity index (χ4n) is 2.73. The summed E-state index contributed by atoms with van der Waals surface area (Å²) in [5.74, 6) is 1.53. The lowest BCUT2D eigenvalue weighted by Gasteiger charge is -2.12. The van der Waals surface area contributed by atoms with Crippen molar-refractivity contribution < 1.29 is 4.39 Å². The van der Waals surface area contributed by atoms with E-state index in [0.29, 0.717) is 30.7 Å².